The van der Waals surface area contributed by atoms with Gasteiger partial charge in [0.15, 0.2) is 0 Å². The first kappa shape index (κ1) is 16.7. The van der Waals surface area contributed by atoms with Gasteiger partial charge in [-0.1, -0.05) is 60.7 Å². The zero-order valence-electron chi connectivity index (χ0n) is 17.4. The van der Waals surface area contributed by atoms with Crippen LogP contribution in [0.5, 0.6) is 0 Å². The van der Waals surface area contributed by atoms with Crippen LogP contribution in [0.4, 0.5) is 0 Å². The number of benzene rings is 4. The molecule has 0 saturated heterocycles. The van der Waals surface area contributed by atoms with E-state index in [9.17, 15) is 0 Å². The molecule has 148 valence electrons. The van der Waals surface area contributed by atoms with E-state index in [0.717, 1.165) is 16.8 Å². The third kappa shape index (κ3) is 2.01. The fraction of sp³-hybridized carbons (Fsp3) is 0.0741. The molecule has 7 aromatic rings. The highest BCUT2D eigenvalue weighted by Crippen LogP contribution is 2.39. The molecule has 4 aromatic carbocycles. The van der Waals surface area contributed by atoms with Gasteiger partial charge in [-0.2, -0.15) is 0 Å². The van der Waals surface area contributed by atoms with Gasteiger partial charge in [0.1, 0.15) is 0 Å². The van der Waals surface area contributed by atoms with E-state index in [0.29, 0.717) is 0 Å². The number of imidazole rings is 2. The van der Waals surface area contributed by atoms with E-state index in [1.807, 2.05) is 0 Å². The van der Waals surface area contributed by atoms with Gasteiger partial charge in [-0.15, -0.1) is 0 Å². The van der Waals surface area contributed by atoms with Crippen molar-refractivity contribution in [3.05, 3.63) is 84.9 Å². The second-order valence-electron chi connectivity index (χ2n) is 8.25. The molecule has 0 N–H and O–H groups in total. The second-order valence-corrected chi connectivity index (χ2v) is 8.25. The Kier molecular flexibility index (Phi) is 3.11. The van der Waals surface area contributed by atoms with Crippen molar-refractivity contribution < 1.29 is 0 Å². The van der Waals surface area contributed by atoms with Crippen LogP contribution in [0.25, 0.3) is 60.8 Å². The Morgan fingerprint density at radius 2 is 1.19 bits per heavy atom. The number of hydrogen-bond donors (Lipinski definition) is 0. The number of nitrogens with zero attached hydrogens (tertiary/aromatic N) is 4. The fourth-order valence-corrected chi connectivity index (χ4v) is 5.28. The van der Waals surface area contributed by atoms with E-state index < -0.39 is 0 Å². The molecule has 0 radical (unpaired) electrons. The predicted octanol–water partition coefficient (Wildman–Crippen LogP) is 6.29. The molecule has 3 aromatic heterocycles. The maximum absolute atomic E-state index is 5.00. The van der Waals surface area contributed by atoms with Gasteiger partial charge in [0.05, 0.1) is 27.6 Å². The van der Waals surface area contributed by atoms with Crippen molar-refractivity contribution in [3.63, 3.8) is 0 Å². The summed E-state index contributed by atoms with van der Waals surface area (Å²) in [5.74, 6) is 0.966. The van der Waals surface area contributed by atoms with Gasteiger partial charge in [-0.05, 0) is 24.3 Å². The Bertz CT molecular complexity index is 1810. The molecule has 0 atom stereocenters. The molecular weight excluding hydrogens is 380 g/mol. The minimum atomic E-state index is 0.966. The van der Waals surface area contributed by atoms with E-state index in [-0.39, 0.29) is 0 Å². The van der Waals surface area contributed by atoms with E-state index in [4.69, 9.17) is 4.98 Å². The summed E-state index contributed by atoms with van der Waals surface area (Å²) in [5, 5.41) is 2.57. The highest BCUT2D eigenvalue weighted by Gasteiger charge is 2.19. The summed E-state index contributed by atoms with van der Waals surface area (Å²) >= 11 is 0. The average molecular weight is 400 g/mol. The van der Waals surface area contributed by atoms with Crippen molar-refractivity contribution in [1.82, 2.24) is 18.5 Å². The van der Waals surface area contributed by atoms with Crippen LogP contribution in [0, 0.1) is 0 Å². The molecule has 4 heteroatoms. The first-order chi connectivity index (χ1) is 15.2. The maximum atomic E-state index is 5.00. The number of aromatic nitrogens is 4. The molecule has 0 fully saturated rings. The Morgan fingerprint density at radius 1 is 0.548 bits per heavy atom. The van der Waals surface area contributed by atoms with Gasteiger partial charge < -0.3 is 9.13 Å². The molecule has 31 heavy (non-hydrogen) atoms. The lowest BCUT2D eigenvalue weighted by Crippen LogP contribution is -1.92. The van der Waals surface area contributed by atoms with Crippen molar-refractivity contribution in [3.8, 4) is 11.1 Å². The summed E-state index contributed by atoms with van der Waals surface area (Å²) in [4.78, 5) is 5.00. The summed E-state index contributed by atoms with van der Waals surface area (Å²) in [6.07, 6.45) is 0. The molecule has 0 amide bonds. The van der Waals surface area contributed by atoms with Crippen molar-refractivity contribution in [2.75, 3.05) is 0 Å². The van der Waals surface area contributed by atoms with E-state index in [1.54, 1.807) is 0 Å². The largest absolute Gasteiger partial charge is 0.343 e. The van der Waals surface area contributed by atoms with Crippen LogP contribution < -0.4 is 0 Å². The molecule has 0 saturated carbocycles. The number of aryl methyl sites for hydroxylation is 2. The lowest BCUT2D eigenvalue weighted by Gasteiger charge is -2.09. The summed E-state index contributed by atoms with van der Waals surface area (Å²) in [6.45, 7) is 0. The summed E-state index contributed by atoms with van der Waals surface area (Å²) in [5.41, 5.74) is 9.49. The van der Waals surface area contributed by atoms with Crippen LogP contribution in [0.1, 0.15) is 0 Å². The van der Waals surface area contributed by atoms with Crippen LogP contribution >= 0.6 is 0 Å². The monoisotopic (exact) mass is 400 g/mol. The zero-order valence-corrected chi connectivity index (χ0v) is 17.4. The second kappa shape index (κ2) is 5.76. The summed E-state index contributed by atoms with van der Waals surface area (Å²) < 4.78 is 6.80. The molecule has 0 aliphatic rings. The first-order valence-electron chi connectivity index (χ1n) is 10.5. The molecule has 0 bridgehead atoms. The lowest BCUT2D eigenvalue weighted by atomic mass is 10.0. The SMILES string of the molecule is Cn1c2ccccc2c2cccc(-c3cccc4nc5n(C)c6ccccc6n5c34)c21. The Hall–Kier alpha value is -4.05. The Balaban J connectivity index is 1.70. The average Bonchev–Trinajstić information content (AvgIpc) is 3.43. The van der Waals surface area contributed by atoms with Crippen molar-refractivity contribution in [2.24, 2.45) is 14.1 Å². The van der Waals surface area contributed by atoms with Crippen LogP contribution in [0.3, 0.4) is 0 Å². The van der Waals surface area contributed by atoms with Crippen LogP contribution in [-0.2, 0) is 14.1 Å². The van der Waals surface area contributed by atoms with E-state index in [1.165, 1.54) is 44.0 Å². The number of para-hydroxylation sites is 5. The fourth-order valence-electron chi connectivity index (χ4n) is 5.28. The highest BCUT2D eigenvalue weighted by molar-refractivity contribution is 6.14. The molecule has 3 heterocycles. The van der Waals surface area contributed by atoms with Gasteiger partial charge in [0.2, 0.25) is 5.78 Å². The zero-order chi connectivity index (χ0) is 20.7. The number of hydrogen-bond acceptors (Lipinski definition) is 1. The highest BCUT2D eigenvalue weighted by atomic mass is 15.2. The summed E-state index contributed by atoms with van der Waals surface area (Å²) in [6, 6.07) is 30.2. The van der Waals surface area contributed by atoms with Gasteiger partial charge in [0, 0.05) is 41.5 Å². The van der Waals surface area contributed by atoms with Crippen molar-refractivity contribution in [2.45, 2.75) is 0 Å². The maximum Gasteiger partial charge on any atom is 0.215 e. The first-order valence-corrected chi connectivity index (χ1v) is 10.5. The molecular formula is C27H20N4. The minimum absolute atomic E-state index is 0.966. The van der Waals surface area contributed by atoms with Gasteiger partial charge in [-0.3, -0.25) is 4.40 Å². The predicted molar refractivity (Wildman–Crippen MR) is 129 cm³/mol. The van der Waals surface area contributed by atoms with Crippen LogP contribution in [0.2, 0.25) is 0 Å². The van der Waals surface area contributed by atoms with E-state index >= 15 is 0 Å². The lowest BCUT2D eigenvalue weighted by molar-refractivity contribution is 0.974. The van der Waals surface area contributed by atoms with Gasteiger partial charge in [-0.25, -0.2) is 4.98 Å². The van der Waals surface area contributed by atoms with Gasteiger partial charge >= 0.3 is 0 Å². The van der Waals surface area contributed by atoms with Crippen LogP contribution in [0.15, 0.2) is 84.9 Å². The summed E-state index contributed by atoms with van der Waals surface area (Å²) in [7, 11) is 4.26. The molecule has 7 rings (SSSR count). The van der Waals surface area contributed by atoms with Crippen molar-refractivity contribution >= 4 is 49.7 Å². The third-order valence-electron chi connectivity index (χ3n) is 6.66. The number of rotatable bonds is 1. The Labute approximate surface area is 178 Å². The minimum Gasteiger partial charge on any atom is -0.343 e. The quantitative estimate of drug-likeness (QED) is 0.318. The topological polar surface area (TPSA) is 27.2 Å². The molecule has 0 spiro atoms. The Morgan fingerprint density at radius 3 is 2.03 bits per heavy atom. The van der Waals surface area contributed by atoms with E-state index in [2.05, 4.69) is 113 Å². The molecule has 4 nitrogen and oxygen atoms in total. The number of fused-ring (bicyclic) bond motifs is 8. The smallest absolute Gasteiger partial charge is 0.215 e. The van der Waals surface area contributed by atoms with Crippen molar-refractivity contribution in [1.29, 1.82) is 0 Å². The van der Waals surface area contributed by atoms with Gasteiger partial charge in [0.25, 0.3) is 0 Å². The normalized spacial score (nSPS) is 12.2. The molecule has 0 aliphatic heterocycles. The molecule has 0 unspecified atom stereocenters. The standard InChI is InChI=1S/C27H20N4/c1-29-22-14-4-3-9-17(22)18-10-7-11-19(25(18)29)20-12-8-13-21-26(20)31-24-16-6-5-15-23(24)30(2)27(31)28-21/h3-16H,1-2H3. The third-order valence-corrected chi connectivity index (χ3v) is 6.66. The van der Waals surface area contributed by atoms with Crippen LogP contribution in [-0.4, -0.2) is 18.5 Å². The molecule has 0 aliphatic carbocycles.